The molecule has 0 unspecified atom stereocenters. The van der Waals surface area contributed by atoms with E-state index in [2.05, 4.69) is 20.4 Å². The van der Waals surface area contributed by atoms with E-state index in [-0.39, 0.29) is 16.6 Å². The number of anilines is 1. The normalized spacial score (nSPS) is 11.5. The van der Waals surface area contributed by atoms with Gasteiger partial charge in [0, 0.05) is 5.69 Å². The number of hydrogen-bond acceptors (Lipinski definition) is 7. The maximum atomic E-state index is 12.4. The molecule has 0 saturated carbocycles. The first-order valence-corrected chi connectivity index (χ1v) is 11.7. The van der Waals surface area contributed by atoms with Crippen LogP contribution in [0.2, 0.25) is 0 Å². The molecule has 2 aromatic heterocycles. The molecule has 0 aliphatic carbocycles. The third-order valence-electron chi connectivity index (χ3n) is 4.31. The van der Waals surface area contributed by atoms with Crippen molar-refractivity contribution >= 4 is 44.4 Å². The Morgan fingerprint density at radius 3 is 2.48 bits per heavy atom. The van der Waals surface area contributed by atoms with Crippen LogP contribution in [-0.2, 0) is 14.8 Å². The lowest BCUT2D eigenvalue weighted by Gasteiger charge is -2.07. The Morgan fingerprint density at radius 2 is 1.81 bits per heavy atom. The Balaban J connectivity index is 1.50. The molecule has 4 rings (SSSR count). The predicted octanol–water partition coefficient (Wildman–Crippen LogP) is 2.50. The molecule has 3 N–H and O–H groups in total. The van der Waals surface area contributed by atoms with Crippen molar-refractivity contribution in [2.75, 3.05) is 11.1 Å². The topological polar surface area (TPSA) is 133 Å². The fourth-order valence-electron chi connectivity index (χ4n) is 2.91. The summed E-state index contributed by atoms with van der Waals surface area (Å²) in [4.78, 5) is 21.3. The van der Waals surface area contributed by atoms with Gasteiger partial charge in [0.05, 0.1) is 27.9 Å². The van der Waals surface area contributed by atoms with Crippen LogP contribution in [0, 0.1) is 6.92 Å². The summed E-state index contributed by atoms with van der Waals surface area (Å²) in [6.07, 6.45) is 1.69. The third-order valence-corrected chi connectivity index (χ3v) is 6.23. The molecule has 0 radical (unpaired) electrons. The Hall–Kier alpha value is -3.28. The van der Waals surface area contributed by atoms with Crippen molar-refractivity contribution < 1.29 is 13.2 Å². The number of thioether (sulfide) groups is 1. The average molecular weight is 455 g/mol. The molecule has 2 aromatic carbocycles. The van der Waals surface area contributed by atoms with E-state index < -0.39 is 10.0 Å². The summed E-state index contributed by atoms with van der Waals surface area (Å²) in [7, 11) is -3.78. The van der Waals surface area contributed by atoms with Gasteiger partial charge in [0.1, 0.15) is 10.9 Å². The summed E-state index contributed by atoms with van der Waals surface area (Å²) in [5.41, 5.74) is 2.02. The standard InChI is InChI=1S/C20H18N6O3S2/c1-13-23-19-17(11-22-26(19)15-5-3-2-4-6-15)20(24-13)30-12-18(27)25-14-7-9-16(10-8-14)31(21,28)29/h2-11H,12H2,1H3,(H,25,27)(H2,21,28,29). The van der Waals surface area contributed by atoms with Crippen molar-refractivity contribution in [2.45, 2.75) is 16.8 Å². The Labute approximate surface area is 182 Å². The van der Waals surface area contributed by atoms with Crippen LogP contribution >= 0.6 is 11.8 Å². The van der Waals surface area contributed by atoms with Gasteiger partial charge in [-0.05, 0) is 43.3 Å². The highest BCUT2D eigenvalue weighted by molar-refractivity contribution is 8.00. The van der Waals surface area contributed by atoms with Crippen molar-refractivity contribution in [1.29, 1.82) is 0 Å². The molecule has 0 spiro atoms. The maximum absolute atomic E-state index is 12.4. The molecule has 0 atom stereocenters. The number of aryl methyl sites for hydroxylation is 1. The van der Waals surface area contributed by atoms with Crippen LogP contribution in [0.15, 0.2) is 70.7 Å². The summed E-state index contributed by atoms with van der Waals surface area (Å²) in [6.45, 7) is 1.79. The number of carbonyl (C=O) groups is 1. The Bertz CT molecular complexity index is 1350. The third kappa shape index (κ3) is 4.74. The van der Waals surface area contributed by atoms with Gasteiger partial charge >= 0.3 is 0 Å². The molecule has 0 aliphatic heterocycles. The molecule has 4 aromatic rings. The van der Waals surface area contributed by atoms with Crippen LogP contribution in [0.25, 0.3) is 16.7 Å². The highest BCUT2D eigenvalue weighted by Crippen LogP contribution is 2.27. The summed E-state index contributed by atoms with van der Waals surface area (Å²) >= 11 is 1.27. The van der Waals surface area contributed by atoms with E-state index in [0.29, 0.717) is 22.2 Å². The highest BCUT2D eigenvalue weighted by Gasteiger charge is 2.15. The van der Waals surface area contributed by atoms with E-state index in [4.69, 9.17) is 5.14 Å². The first kappa shape index (κ1) is 21.0. The lowest BCUT2D eigenvalue weighted by molar-refractivity contribution is -0.113. The second-order valence-electron chi connectivity index (χ2n) is 6.61. The number of nitrogens with two attached hydrogens (primary N) is 1. The van der Waals surface area contributed by atoms with Crippen LogP contribution < -0.4 is 10.5 Å². The average Bonchev–Trinajstić information content (AvgIpc) is 3.16. The van der Waals surface area contributed by atoms with Crippen molar-refractivity contribution in [1.82, 2.24) is 19.7 Å². The SMILES string of the molecule is Cc1nc(SCC(=O)Nc2ccc(S(N)(=O)=O)cc2)c2cnn(-c3ccccc3)c2n1. The number of rotatable bonds is 6. The summed E-state index contributed by atoms with van der Waals surface area (Å²) in [6, 6.07) is 15.3. The molecule has 0 saturated heterocycles. The van der Waals surface area contributed by atoms with Crippen LogP contribution in [-0.4, -0.2) is 39.8 Å². The van der Waals surface area contributed by atoms with E-state index in [0.717, 1.165) is 11.1 Å². The van der Waals surface area contributed by atoms with Crippen LogP contribution in [0.1, 0.15) is 5.82 Å². The zero-order valence-corrected chi connectivity index (χ0v) is 18.0. The lowest BCUT2D eigenvalue weighted by atomic mass is 10.3. The lowest BCUT2D eigenvalue weighted by Crippen LogP contribution is -2.15. The van der Waals surface area contributed by atoms with E-state index in [9.17, 15) is 13.2 Å². The second kappa shape index (κ2) is 8.46. The van der Waals surface area contributed by atoms with Crippen molar-refractivity contribution in [3.05, 3.63) is 66.6 Å². The van der Waals surface area contributed by atoms with Gasteiger partial charge in [-0.15, -0.1) is 0 Å². The van der Waals surface area contributed by atoms with Gasteiger partial charge in [-0.1, -0.05) is 30.0 Å². The van der Waals surface area contributed by atoms with Crippen LogP contribution in [0.3, 0.4) is 0 Å². The van der Waals surface area contributed by atoms with E-state index in [1.54, 1.807) is 17.8 Å². The largest absolute Gasteiger partial charge is 0.325 e. The molecular weight excluding hydrogens is 436 g/mol. The molecule has 11 heteroatoms. The minimum atomic E-state index is -3.78. The first-order chi connectivity index (χ1) is 14.8. The number of fused-ring (bicyclic) bond motifs is 1. The maximum Gasteiger partial charge on any atom is 0.238 e. The highest BCUT2D eigenvalue weighted by atomic mass is 32.2. The van der Waals surface area contributed by atoms with Crippen molar-refractivity contribution in [3.8, 4) is 5.69 Å². The first-order valence-electron chi connectivity index (χ1n) is 9.14. The number of aromatic nitrogens is 4. The molecule has 31 heavy (non-hydrogen) atoms. The van der Waals surface area contributed by atoms with Gasteiger partial charge in [-0.25, -0.2) is 28.2 Å². The molecule has 9 nitrogen and oxygen atoms in total. The minimum absolute atomic E-state index is 0.0193. The Morgan fingerprint density at radius 1 is 1.10 bits per heavy atom. The number of para-hydroxylation sites is 1. The fraction of sp³-hybridized carbons (Fsp3) is 0.100. The fourth-order valence-corrected chi connectivity index (χ4v) is 4.26. The number of amides is 1. The molecular formula is C20H18N6O3S2. The van der Waals surface area contributed by atoms with Crippen molar-refractivity contribution in [2.24, 2.45) is 5.14 Å². The van der Waals surface area contributed by atoms with E-state index in [1.165, 1.54) is 36.0 Å². The Kier molecular flexibility index (Phi) is 5.72. The zero-order chi connectivity index (χ0) is 22.0. The van der Waals surface area contributed by atoms with Crippen LogP contribution in [0.4, 0.5) is 5.69 Å². The minimum Gasteiger partial charge on any atom is -0.325 e. The quantitative estimate of drug-likeness (QED) is 0.338. The number of carbonyl (C=O) groups excluding carboxylic acids is 1. The number of nitrogens with one attached hydrogen (secondary N) is 1. The monoisotopic (exact) mass is 454 g/mol. The molecule has 2 heterocycles. The van der Waals surface area contributed by atoms with Gasteiger partial charge in [-0.2, -0.15) is 5.10 Å². The number of sulfonamides is 1. The number of hydrogen-bond donors (Lipinski definition) is 2. The van der Waals surface area contributed by atoms with Crippen LogP contribution in [0.5, 0.6) is 0 Å². The molecule has 0 bridgehead atoms. The van der Waals surface area contributed by atoms with Gasteiger partial charge in [0.25, 0.3) is 0 Å². The van der Waals surface area contributed by atoms with Gasteiger partial charge in [0.2, 0.25) is 15.9 Å². The summed E-state index contributed by atoms with van der Waals surface area (Å²) in [5.74, 6) is 0.429. The number of primary sulfonamides is 1. The summed E-state index contributed by atoms with van der Waals surface area (Å²) < 4.78 is 24.4. The molecule has 0 aliphatic rings. The van der Waals surface area contributed by atoms with E-state index >= 15 is 0 Å². The summed E-state index contributed by atoms with van der Waals surface area (Å²) in [5, 5.41) is 13.6. The van der Waals surface area contributed by atoms with Crippen molar-refractivity contribution in [3.63, 3.8) is 0 Å². The molecule has 158 valence electrons. The number of benzene rings is 2. The molecule has 0 fully saturated rings. The molecule has 1 amide bonds. The van der Waals surface area contributed by atoms with Gasteiger partial charge in [0.15, 0.2) is 5.65 Å². The van der Waals surface area contributed by atoms with E-state index in [1.807, 2.05) is 30.3 Å². The van der Waals surface area contributed by atoms with Gasteiger partial charge < -0.3 is 5.32 Å². The predicted molar refractivity (Wildman–Crippen MR) is 119 cm³/mol. The smallest absolute Gasteiger partial charge is 0.238 e. The second-order valence-corrected chi connectivity index (χ2v) is 9.14. The number of nitrogens with zero attached hydrogens (tertiary/aromatic N) is 4. The van der Waals surface area contributed by atoms with Gasteiger partial charge in [-0.3, -0.25) is 4.79 Å². The zero-order valence-electron chi connectivity index (χ0n) is 16.4.